The van der Waals surface area contributed by atoms with E-state index in [2.05, 4.69) is 9.68 Å². The number of rotatable bonds is 2. The highest BCUT2D eigenvalue weighted by Gasteiger charge is 2.13. The maximum atomic E-state index is 11.3. The lowest BCUT2D eigenvalue weighted by Gasteiger charge is -1.98. The van der Waals surface area contributed by atoms with E-state index in [1.54, 1.807) is 0 Å². The summed E-state index contributed by atoms with van der Waals surface area (Å²) in [6.45, 7) is 3.87. The van der Waals surface area contributed by atoms with E-state index in [0.717, 1.165) is 0 Å². The second-order valence-electron chi connectivity index (χ2n) is 2.57. The van der Waals surface area contributed by atoms with Crippen molar-refractivity contribution in [1.82, 2.24) is 5.16 Å². The number of thioether (sulfide) groups is 1. The first-order chi connectivity index (χ1) is 5.59. The van der Waals surface area contributed by atoms with Crippen molar-refractivity contribution in [2.45, 2.75) is 19.1 Å². The topological polar surface area (TPSA) is 69.1 Å². The quantitative estimate of drug-likeness (QED) is 0.758. The molecule has 66 valence electrons. The van der Waals surface area contributed by atoms with Crippen LogP contribution in [0.2, 0.25) is 0 Å². The third-order valence-electron chi connectivity index (χ3n) is 1.08. The van der Waals surface area contributed by atoms with Crippen LogP contribution in [0.15, 0.2) is 10.6 Å². The minimum atomic E-state index is -0.106. The average molecular weight is 186 g/mol. The van der Waals surface area contributed by atoms with Gasteiger partial charge in [-0.25, -0.2) is 0 Å². The van der Waals surface area contributed by atoms with Crippen molar-refractivity contribution in [3.8, 4) is 0 Å². The highest BCUT2D eigenvalue weighted by Crippen LogP contribution is 2.17. The summed E-state index contributed by atoms with van der Waals surface area (Å²) in [4.78, 5) is 11.3. The van der Waals surface area contributed by atoms with Crippen LogP contribution in [-0.4, -0.2) is 15.5 Å². The molecule has 0 amide bonds. The van der Waals surface area contributed by atoms with Crippen LogP contribution in [0, 0.1) is 0 Å². The van der Waals surface area contributed by atoms with Crippen molar-refractivity contribution in [1.29, 1.82) is 0 Å². The Bertz CT molecular complexity index is 283. The number of anilines is 1. The van der Waals surface area contributed by atoms with Crippen LogP contribution in [-0.2, 0) is 0 Å². The molecule has 0 bridgehead atoms. The lowest BCUT2D eigenvalue weighted by Crippen LogP contribution is -1.98. The standard InChI is InChI=1S/C7H10N2O2S/c1-4(2)12-7(10)5-3-6(8)11-9-5/h3-4H,8H2,1-2H3. The maximum Gasteiger partial charge on any atom is 0.241 e. The average Bonchev–Trinajstić information content (AvgIpc) is 2.34. The van der Waals surface area contributed by atoms with Gasteiger partial charge in [0.15, 0.2) is 5.69 Å². The largest absolute Gasteiger partial charge is 0.368 e. The third kappa shape index (κ3) is 2.27. The van der Waals surface area contributed by atoms with Crippen LogP contribution >= 0.6 is 11.8 Å². The van der Waals surface area contributed by atoms with Gasteiger partial charge in [-0.1, -0.05) is 30.8 Å². The molecule has 0 aliphatic rings. The molecule has 2 N–H and O–H groups in total. The Kier molecular flexibility index (Phi) is 2.75. The number of nitrogens with zero attached hydrogens (tertiary/aromatic N) is 1. The second kappa shape index (κ2) is 3.62. The molecule has 0 atom stereocenters. The molecule has 0 aromatic carbocycles. The van der Waals surface area contributed by atoms with Gasteiger partial charge < -0.3 is 10.3 Å². The fraction of sp³-hybridized carbons (Fsp3) is 0.429. The van der Waals surface area contributed by atoms with Gasteiger partial charge in [0, 0.05) is 11.3 Å². The zero-order valence-electron chi connectivity index (χ0n) is 6.90. The van der Waals surface area contributed by atoms with E-state index in [1.165, 1.54) is 17.8 Å². The Morgan fingerprint density at radius 1 is 1.75 bits per heavy atom. The second-order valence-corrected chi connectivity index (χ2v) is 4.12. The Balaban J connectivity index is 2.65. The molecule has 0 aliphatic heterocycles. The summed E-state index contributed by atoms with van der Waals surface area (Å²) in [5.74, 6) is 0.169. The molecule has 1 heterocycles. The first-order valence-electron chi connectivity index (χ1n) is 3.52. The van der Waals surface area contributed by atoms with Gasteiger partial charge in [0.25, 0.3) is 0 Å². The molecule has 1 rings (SSSR count). The molecule has 5 heteroatoms. The van der Waals surface area contributed by atoms with Crippen LogP contribution in [0.5, 0.6) is 0 Å². The van der Waals surface area contributed by atoms with Crippen LogP contribution < -0.4 is 5.73 Å². The van der Waals surface area contributed by atoms with Crippen molar-refractivity contribution in [3.05, 3.63) is 11.8 Å². The van der Waals surface area contributed by atoms with E-state index < -0.39 is 0 Å². The van der Waals surface area contributed by atoms with Crippen molar-refractivity contribution >= 4 is 22.8 Å². The van der Waals surface area contributed by atoms with E-state index in [9.17, 15) is 4.79 Å². The van der Waals surface area contributed by atoms with Gasteiger partial charge in [0.2, 0.25) is 11.0 Å². The highest BCUT2D eigenvalue weighted by molar-refractivity contribution is 8.14. The summed E-state index contributed by atoms with van der Waals surface area (Å²) in [7, 11) is 0. The summed E-state index contributed by atoms with van der Waals surface area (Å²) < 4.78 is 4.56. The molecule has 0 spiro atoms. The molecular formula is C7H10N2O2S. The van der Waals surface area contributed by atoms with Crippen LogP contribution in [0.1, 0.15) is 24.3 Å². The summed E-state index contributed by atoms with van der Waals surface area (Å²) in [5, 5.41) is 3.64. The zero-order chi connectivity index (χ0) is 9.14. The molecular weight excluding hydrogens is 176 g/mol. The summed E-state index contributed by atoms with van der Waals surface area (Å²) >= 11 is 1.20. The van der Waals surface area contributed by atoms with Gasteiger partial charge in [-0.2, -0.15) is 0 Å². The lowest BCUT2D eigenvalue weighted by atomic mass is 10.5. The van der Waals surface area contributed by atoms with Gasteiger partial charge >= 0.3 is 0 Å². The van der Waals surface area contributed by atoms with Crippen molar-refractivity contribution in [2.24, 2.45) is 0 Å². The molecule has 4 nitrogen and oxygen atoms in total. The molecule has 0 radical (unpaired) electrons. The number of aromatic nitrogens is 1. The van der Waals surface area contributed by atoms with Gasteiger partial charge in [-0.3, -0.25) is 4.79 Å². The molecule has 1 aromatic heterocycles. The van der Waals surface area contributed by atoms with Crippen LogP contribution in [0.3, 0.4) is 0 Å². The SMILES string of the molecule is CC(C)SC(=O)c1cc(N)on1. The predicted octanol–water partition coefficient (Wildman–Crippen LogP) is 1.54. The molecule has 0 unspecified atom stereocenters. The van der Waals surface area contributed by atoms with E-state index in [4.69, 9.17) is 5.73 Å². The number of hydrogen-bond acceptors (Lipinski definition) is 5. The Morgan fingerprint density at radius 2 is 2.42 bits per heavy atom. The minimum Gasteiger partial charge on any atom is -0.368 e. The number of nitrogens with two attached hydrogens (primary N) is 1. The van der Waals surface area contributed by atoms with Crippen molar-refractivity contribution in [3.63, 3.8) is 0 Å². The molecule has 0 saturated heterocycles. The Labute approximate surface area is 74.5 Å². The summed E-state index contributed by atoms with van der Waals surface area (Å²) in [6.07, 6.45) is 0. The summed E-state index contributed by atoms with van der Waals surface area (Å²) in [5.41, 5.74) is 5.54. The predicted molar refractivity (Wildman–Crippen MR) is 48.0 cm³/mol. The number of nitrogen functional groups attached to an aromatic ring is 1. The fourth-order valence-electron chi connectivity index (χ4n) is 0.660. The first-order valence-corrected chi connectivity index (χ1v) is 4.40. The lowest BCUT2D eigenvalue weighted by molar-refractivity contribution is 0.108. The van der Waals surface area contributed by atoms with Gasteiger partial charge in [0.05, 0.1) is 0 Å². The maximum absolute atomic E-state index is 11.3. The van der Waals surface area contributed by atoms with E-state index in [1.807, 2.05) is 13.8 Å². The summed E-state index contributed by atoms with van der Waals surface area (Å²) in [6, 6.07) is 1.43. The normalized spacial score (nSPS) is 10.6. The number of hydrogen-bond donors (Lipinski definition) is 1. The van der Waals surface area contributed by atoms with Gasteiger partial charge in [-0.15, -0.1) is 0 Å². The Hall–Kier alpha value is -0.970. The fourth-order valence-corrected chi connectivity index (χ4v) is 1.31. The first kappa shape index (κ1) is 9.12. The highest BCUT2D eigenvalue weighted by atomic mass is 32.2. The molecule has 0 saturated carbocycles. The molecule has 0 fully saturated rings. The molecule has 12 heavy (non-hydrogen) atoms. The van der Waals surface area contributed by atoms with Crippen LogP contribution in [0.25, 0.3) is 0 Å². The van der Waals surface area contributed by atoms with Crippen molar-refractivity contribution < 1.29 is 9.32 Å². The number of carbonyl (C=O) groups is 1. The van der Waals surface area contributed by atoms with E-state index in [-0.39, 0.29) is 21.9 Å². The molecule has 0 aliphatic carbocycles. The van der Waals surface area contributed by atoms with E-state index >= 15 is 0 Å². The van der Waals surface area contributed by atoms with E-state index in [0.29, 0.717) is 0 Å². The Morgan fingerprint density at radius 3 is 2.83 bits per heavy atom. The smallest absolute Gasteiger partial charge is 0.241 e. The molecule has 1 aromatic rings. The van der Waals surface area contributed by atoms with Gasteiger partial charge in [-0.05, 0) is 0 Å². The third-order valence-corrected chi connectivity index (χ3v) is 1.97. The monoisotopic (exact) mass is 186 g/mol. The van der Waals surface area contributed by atoms with Crippen LogP contribution in [0.4, 0.5) is 5.88 Å². The number of carbonyl (C=O) groups excluding carboxylic acids is 1. The minimum absolute atomic E-state index is 0.106. The zero-order valence-corrected chi connectivity index (χ0v) is 7.72. The van der Waals surface area contributed by atoms with Gasteiger partial charge in [0.1, 0.15) is 0 Å². The van der Waals surface area contributed by atoms with Crippen molar-refractivity contribution in [2.75, 3.05) is 5.73 Å².